The maximum absolute atomic E-state index is 12.3. The molecule has 0 bridgehead atoms. The molecular formula is C10H11FO3S. The van der Waals surface area contributed by atoms with E-state index in [1.807, 2.05) is 0 Å². The zero-order valence-electron chi connectivity index (χ0n) is 7.98. The molecule has 3 nitrogen and oxygen atoms in total. The normalized spacial score (nSPS) is 11.3. The first-order valence-corrected chi connectivity index (χ1v) is 5.73. The van der Waals surface area contributed by atoms with E-state index in [9.17, 15) is 12.8 Å². The van der Waals surface area contributed by atoms with Crippen LogP contribution in [0.3, 0.4) is 0 Å². The molecule has 1 aromatic carbocycles. The molecule has 15 heavy (non-hydrogen) atoms. The molecule has 0 heterocycles. The van der Waals surface area contributed by atoms with E-state index < -0.39 is 15.9 Å². The van der Waals surface area contributed by atoms with Crippen molar-refractivity contribution in [3.63, 3.8) is 0 Å². The van der Waals surface area contributed by atoms with Crippen LogP contribution < -0.4 is 0 Å². The van der Waals surface area contributed by atoms with Gasteiger partial charge in [0.15, 0.2) is 0 Å². The Kier molecular flexibility index (Phi) is 3.60. The van der Waals surface area contributed by atoms with E-state index in [-0.39, 0.29) is 11.3 Å². The minimum atomic E-state index is -4.14. The molecular weight excluding hydrogens is 219 g/mol. The molecule has 0 radical (unpaired) electrons. The molecule has 0 aliphatic rings. The van der Waals surface area contributed by atoms with Crippen molar-refractivity contribution in [2.24, 2.45) is 0 Å². The Hall–Kier alpha value is -1.20. The largest absolute Gasteiger partial charge is 0.294 e. The van der Waals surface area contributed by atoms with Gasteiger partial charge in [0.05, 0.1) is 10.7 Å². The SMILES string of the molecule is C=C(F)CCc1ccc(S(=O)(=O)O)cc1. The highest BCUT2D eigenvalue weighted by atomic mass is 32.2. The molecule has 0 aliphatic heterocycles. The third kappa shape index (κ3) is 3.81. The Morgan fingerprint density at radius 1 is 1.33 bits per heavy atom. The average Bonchev–Trinajstić information content (AvgIpc) is 2.14. The Morgan fingerprint density at radius 3 is 2.27 bits per heavy atom. The van der Waals surface area contributed by atoms with Gasteiger partial charge in [0.1, 0.15) is 0 Å². The summed E-state index contributed by atoms with van der Waals surface area (Å²) in [5, 5.41) is 0. The van der Waals surface area contributed by atoms with Crippen LogP contribution in [0.25, 0.3) is 0 Å². The number of halogens is 1. The number of aryl methyl sites for hydroxylation is 1. The summed E-state index contributed by atoms with van der Waals surface area (Å²) >= 11 is 0. The Bertz CT molecular complexity index is 448. The third-order valence-electron chi connectivity index (χ3n) is 1.91. The van der Waals surface area contributed by atoms with Crippen molar-refractivity contribution in [3.8, 4) is 0 Å². The summed E-state index contributed by atoms with van der Waals surface area (Å²) in [7, 11) is -4.14. The lowest BCUT2D eigenvalue weighted by Crippen LogP contribution is -1.97. The lowest BCUT2D eigenvalue weighted by Gasteiger charge is -2.01. The van der Waals surface area contributed by atoms with Crippen molar-refractivity contribution in [2.45, 2.75) is 17.7 Å². The highest BCUT2D eigenvalue weighted by Crippen LogP contribution is 2.13. The van der Waals surface area contributed by atoms with Crippen LogP contribution in [0.5, 0.6) is 0 Å². The molecule has 0 fully saturated rings. The topological polar surface area (TPSA) is 54.4 Å². The van der Waals surface area contributed by atoms with E-state index in [1.165, 1.54) is 24.3 Å². The number of hydrogen-bond acceptors (Lipinski definition) is 2. The van der Waals surface area contributed by atoms with Crippen LogP contribution in [0, 0.1) is 0 Å². The van der Waals surface area contributed by atoms with Gasteiger partial charge in [-0.25, -0.2) is 4.39 Å². The minimum absolute atomic E-state index is 0.162. The van der Waals surface area contributed by atoms with Crippen molar-refractivity contribution >= 4 is 10.1 Å². The molecule has 1 rings (SSSR count). The van der Waals surface area contributed by atoms with Crippen LogP contribution in [0.15, 0.2) is 41.6 Å². The summed E-state index contributed by atoms with van der Waals surface area (Å²) in [6.07, 6.45) is 0.673. The zero-order valence-corrected chi connectivity index (χ0v) is 8.80. The van der Waals surface area contributed by atoms with E-state index in [0.29, 0.717) is 6.42 Å². The Balaban J connectivity index is 2.77. The summed E-state index contributed by atoms with van der Waals surface area (Å²) in [4.78, 5) is -0.162. The molecule has 0 aliphatic carbocycles. The van der Waals surface area contributed by atoms with Crippen LogP contribution in [0.1, 0.15) is 12.0 Å². The highest BCUT2D eigenvalue weighted by Gasteiger charge is 2.08. The monoisotopic (exact) mass is 230 g/mol. The van der Waals surface area contributed by atoms with E-state index in [2.05, 4.69) is 6.58 Å². The number of hydrogen-bond donors (Lipinski definition) is 1. The quantitative estimate of drug-likeness (QED) is 0.808. The average molecular weight is 230 g/mol. The minimum Gasteiger partial charge on any atom is -0.282 e. The van der Waals surface area contributed by atoms with Crippen molar-refractivity contribution in [1.29, 1.82) is 0 Å². The number of benzene rings is 1. The first-order valence-electron chi connectivity index (χ1n) is 4.29. The third-order valence-corrected chi connectivity index (χ3v) is 2.77. The van der Waals surface area contributed by atoms with Gasteiger partial charge in [-0.05, 0) is 24.1 Å². The molecule has 5 heteroatoms. The molecule has 0 atom stereocenters. The van der Waals surface area contributed by atoms with Gasteiger partial charge in [0, 0.05) is 6.42 Å². The lowest BCUT2D eigenvalue weighted by atomic mass is 10.1. The van der Waals surface area contributed by atoms with Gasteiger partial charge >= 0.3 is 0 Å². The standard InChI is InChI=1S/C10H11FO3S/c1-8(11)2-3-9-4-6-10(7-5-9)15(12,13)14/h4-7H,1-3H2,(H,12,13,14). The van der Waals surface area contributed by atoms with Gasteiger partial charge in [-0.15, -0.1) is 0 Å². The maximum atomic E-state index is 12.3. The fourth-order valence-electron chi connectivity index (χ4n) is 1.11. The second kappa shape index (κ2) is 4.55. The van der Waals surface area contributed by atoms with E-state index in [0.717, 1.165) is 5.56 Å². The van der Waals surface area contributed by atoms with Gasteiger partial charge in [-0.2, -0.15) is 8.42 Å². The van der Waals surface area contributed by atoms with Crippen molar-refractivity contribution in [1.82, 2.24) is 0 Å². The van der Waals surface area contributed by atoms with Gasteiger partial charge in [0.25, 0.3) is 10.1 Å². The molecule has 0 spiro atoms. The second-order valence-corrected chi connectivity index (χ2v) is 4.56. The summed E-state index contributed by atoms with van der Waals surface area (Å²) in [5.74, 6) is -0.408. The molecule has 1 N–H and O–H groups in total. The first-order chi connectivity index (χ1) is 6.89. The molecule has 0 unspecified atom stereocenters. The van der Waals surface area contributed by atoms with Crippen LogP contribution in [-0.2, 0) is 16.5 Å². The fourth-order valence-corrected chi connectivity index (χ4v) is 1.59. The van der Waals surface area contributed by atoms with Crippen molar-refractivity contribution in [3.05, 3.63) is 42.2 Å². The fraction of sp³-hybridized carbons (Fsp3) is 0.200. The zero-order chi connectivity index (χ0) is 11.5. The van der Waals surface area contributed by atoms with Gasteiger partial charge in [0.2, 0.25) is 0 Å². The number of rotatable bonds is 4. The smallest absolute Gasteiger partial charge is 0.282 e. The molecule has 0 amide bonds. The Morgan fingerprint density at radius 2 is 1.87 bits per heavy atom. The van der Waals surface area contributed by atoms with Crippen LogP contribution in [0.2, 0.25) is 0 Å². The lowest BCUT2D eigenvalue weighted by molar-refractivity contribution is 0.483. The molecule has 82 valence electrons. The molecule has 0 saturated carbocycles. The summed E-state index contributed by atoms with van der Waals surface area (Å²) in [5.41, 5.74) is 0.793. The van der Waals surface area contributed by atoms with Gasteiger partial charge < -0.3 is 0 Å². The summed E-state index contributed by atoms with van der Waals surface area (Å²) in [6.45, 7) is 3.12. The van der Waals surface area contributed by atoms with Gasteiger partial charge in [-0.1, -0.05) is 18.7 Å². The maximum Gasteiger partial charge on any atom is 0.294 e. The summed E-state index contributed by atoms with van der Waals surface area (Å²) in [6, 6.07) is 5.63. The predicted molar refractivity (Wildman–Crippen MR) is 54.8 cm³/mol. The van der Waals surface area contributed by atoms with Crippen LogP contribution >= 0.6 is 0 Å². The van der Waals surface area contributed by atoms with Gasteiger partial charge in [-0.3, -0.25) is 4.55 Å². The van der Waals surface area contributed by atoms with Crippen molar-refractivity contribution < 1.29 is 17.4 Å². The Labute approximate surface area is 88.0 Å². The highest BCUT2D eigenvalue weighted by molar-refractivity contribution is 7.85. The predicted octanol–water partition coefficient (Wildman–Crippen LogP) is 2.35. The van der Waals surface area contributed by atoms with Crippen LogP contribution in [0.4, 0.5) is 4.39 Å². The molecule has 1 aromatic rings. The molecule has 0 aromatic heterocycles. The van der Waals surface area contributed by atoms with Crippen LogP contribution in [-0.4, -0.2) is 13.0 Å². The molecule has 0 saturated heterocycles. The second-order valence-electron chi connectivity index (χ2n) is 3.14. The summed E-state index contributed by atoms with van der Waals surface area (Å²) < 4.78 is 42.4. The van der Waals surface area contributed by atoms with E-state index >= 15 is 0 Å². The van der Waals surface area contributed by atoms with E-state index in [1.54, 1.807) is 0 Å². The first kappa shape index (κ1) is 11.9. The number of allylic oxidation sites excluding steroid dienone is 1. The van der Waals surface area contributed by atoms with Crippen molar-refractivity contribution in [2.75, 3.05) is 0 Å². The van der Waals surface area contributed by atoms with E-state index in [4.69, 9.17) is 4.55 Å².